The minimum atomic E-state index is -1.17. The van der Waals surface area contributed by atoms with E-state index in [1.165, 1.54) is 0 Å². The molecule has 1 saturated carbocycles. The molecule has 27 heavy (non-hydrogen) atoms. The van der Waals surface area contributed by atoms with E-state index in [4.69, 9.17) is 0 Å². The van der Waals surface area contributed by atoms with Crippen molar-refractivity contribution in [2.45, 2.75) is 44.7 Å². The number of amides is 2. The Hall–Kier alpha value is -2.89. The van der Waals surface area contributed by atoms with Crippen molar-refractivity contribution in [3.63, 3.8) is 0 Å². The molecule has 1 aliphatic rings. The van der Waals surface area contributed by atoms with Crippen LogP contribution in [0.5, 0.6) is 0 Å². The van der Waals surface area contributed by atoms with Crippen molar-refractivity contribution in [2.24, 2.45) is 5.92 Å². The van der Waals surface area contributed by atoms with E-state index in [0.717, 1.165) is 36.5 Å². The molecule has 0 aromatic heterocycles. The summed E-state index contributed by atoms with van der Waals surface area (Å²) in [5, 5.41) is 16.7. The standard InChI is InChI=1S/C21H24N2O4/c1-13(22-20(25)15-7-3-4-8-15)19(24)23-18(21(26)27)17-11-10-14-6-2-5-9-16(14)12-17/h2,5-6,9-13,15,18H,3-4,7-8H2,1H3,(H,22,25)(H,23,24)(H,26,27). The zero-order chi connectivity index (χ0) is 19.4. The Labute approximate surface area is 158 Å². The summed E-state index contributed by atoms with van der Waals surface area (Å²) in [6.07, 6.45) is 3.74. The molecule has 2 aromatic carbocycles. The van der Waals surface area contributed by atoms with Gasteiger partial charge in [0, 0.05) is 5.92 Å². The summed E-state index contributed by atoms with van der Waals surface area (Å²) in [7, 11) is 0. The molecule has 1 fully saturated rings. The van der Waals surface area contributed by atoms with Crippen LogP contribution >= 0.6 is 0 Å². The number of aliphatic carboxylic acids is 1. The van der Waals surface area contributed by atoms with Gasteiger partial charge in [-0.1, -0.05) is 49.2 Å². The van der Waals surface area contributed by atoms with Crippen molar-refractivity contribution in [2.75, 3.05) is 0 Å². The fourth-order valence-corrected chi connectivity index (χ4v) is 3.53. The summed E-state index contributed by atoms with van der Waals surface area (Å²) >= 11 is 0. The smallest absolute Gasteiger partial charge is 0.330 e. The van der Waals surface area contributed by atoms with Gasteiger partial charge >= 0.3 is 5.97 Å². The third-order valence-electron chi connectivity index (χ3n) is 5.12. The molecule has 142 valence electrons. The minimum Gasteiger partial charge on any atom is -0.479 e. The number of carboxylic acids is 1. The number of carboxylic acid groups (broad SMARTS) is 1. The Morgan fingerprint density at radius 1 is 1.00 bits per heavy atom. The van der Waals surface area contributed by atoms with Crippen molar-refractivity contribution in [3.8, 4) is 0 Å². The zero-order valence-corrected chi connectivity index (χ0v) is 15.3. The Morgan fingerprint density at radius 2 is 1.67 bits per heavy atom. The maximum absolute atomic E-state index is 12.5. The normalized spacial score (nSPS) is 16.6. The number of hydrogen-bond acceptors (Lipinski definition) is 3. The lowest BCUT2D eigenvalue weighted by molar-refractivity contribution is -0.142. The van der Waals surface area contributed by atoms with Crippen LogP contribution in [0.2, 0.25) is 0 Å². The van der Waals surface area contributed by atoms with Gasteiger partial charge in [-0.3, -0.25) is 9.59 Å². The van der Waals surface area contributed by atoms with E-state index in [1.54, 1.807) is 19.1 Å². The highest BCUT2D eigenvalue weighted by atomic mass is 16.4. The van der Waals surface area contributed by atoms with Crippen LogP contribution in [0, 0.1) is 5.92 Å². The van der Waals surface area contributed by atoms with Crippen molar-refractivity contribution in [1.29, 1.82) is 0 Å². The Bertz CT molecular complexity index is 858. The van der Waals surface area contributed by atoms with Gasteiger partial charge in [0.2, 0.25) is 11.8 Å². The summed E-state index contributed by atoms with van der Waals surface area (Å²) < 4.78 is 0. The summed E-state index contributed by atoms with van der Waals surface area (Å²) in [4.78, 5) is 36.4. The van der Waals surface area contributed by atoms with Crippen LogP contribution < -0.4 is 10.6 Å². The maximum Gasteiger partial charge on any atom is 0.330 e. The van der Waals surface area contributed by atoms with Gasteiger partial charge in [0.25, 0.3) is 0 Å². The SMILES string of the molecule is CC(NC(=O)C1CCCC1)C(=O)NC(C(=O)O)c1ccc2ccccc2c1. The van der Waals surface area contributed by atoms with Crippen LogP contribution in [0.1, 0.15) is 44.2 Å². The largest absolute Gasteiger partial charge is 0.479 e. The molecular formula is C21H24N2O4. The first-order valence-corrected chi connectivity index (χ1v) is 9.28. The topological polar surface area (TPSA) is 95.5 Å². The van der Waals surface area contributed by atoms with Gasteiger partial charge in [-0.2, -0.15) is 0 Å². The predicted octanol–water partition coefficient (Wildman–Crippen LogP) is 2.78. The lowest BCUT2D eigenvalue weighted by Crippen LogP contribution is -2.48. The molecule has 1 aliphatic carbocycles. The molecule has 0 radical (unpaired) electrons. The van der Waals surface area contributed by atoms with Crippen molar-refractivity contribution < 1.29 is 19.5 Å². The quantitative estimate of drug-likeness (QED) is 0.731. The monoisotopic (exact) mass is 368 g/mol. The lowest BCUT2D eigenvalue weighted by Gasteiger charge is -2.20. The van der Waals surface area contributed by atoms with E-state index in [-0.39, 0.29) is 11.8 Å². The maximum atomic E-state index is 12.5. The highest BCUT2D eigenvalue weighted by Crippen LogP contribution is 2.25. The van der Waals surface area contributed by atoms with Crippen molar-refractivity contribution in [1.82, 2.24) is 10.6 Å². The van der Waals surface area contributed by atoms with Gasteiger partial charge < -0.3 is 15.7 Å². The fourth-order valence-electron chi connectivity index (χ4n) is 3.53. The molecule has 0 bridgehead atoms. The van der Waals surface area contributed by atoms with Gasteiger partial charge in [0.05, 0.1) is 0 Å². The summed E-state index contributed by atoms with van der Waals surface area (Å²) in [6, 6.07) is 10.9. The van der Waals surface area contributed by atoms with E-state index >= 15 is 0 Å². The number of hydrogen-bond donors (Lipinski definition) is 3. The molecule has 2 unspecified atom stereocenters. The number of benzene rings is 2. The van der Waals surface area contributed by atoms with Crippen molar-refractivity contribution >= 4 is 28.6 Å². The molecule has 0 aliphatic heterocycles. The van der Waals surface area contributed by atoms with Gasteiger partial charge in [-0.15, -0.1) is 0 Å². The lowest BCUT2D eigenvalue weighted by atomic mass is 10.0. The molecular weight excluding hydrogens is 344 g/mol. The summed E-state index contributed by atoms with van der Waals surface area (Å²) in [6.45, 7) is 1.57. The second-order valence-electron chi connectivity index (χ2n) is 7.10. The highest BCUT2D eigenvalue weighted by molar-refractivity contribution is 5.92. The molecule has 0 saturated heterocycles. The Balaban J connectivity index is 1.70. The molecule has 2 amide bonds. The van der Waals surface area contributed by atoms with Gasteiger partial charge in [0.1, 0.15) is 6.04 Å². The van der Waals surface area contributed by atoms with Gasteiger partial charge in [-0.05, 0) is 42.2 Å². The molecule has 6 heteroatoms. The molecule has 3 N–H and O–H groups in total. The van der Waals surface area contributed by atoms with Crippen LogP contribution in [-0.4, -0.2) is 28.9 Å². The first-order chi connectivity index (χ1) is 13.0. The first-order valence-electron chi connectivity index (χ1n) is 9.28. The molecule has 2 aromatic rings. The average Bonchev–Trinajstić information content (AvgIpc) is 3.20. The molecule has 0 heterocycles. The van der Waals surface area contributed by atoms with Crippen molar-refractivity contribution in [3.05, 3.63) is 48.0 Å². The van der Waals surface area contributed by atoms with E-state index in [0.29, 0.717) is 5.56 Å². The minimum absolute atomic E-state index is 0.0454. The highest BCUT2D eigenvalue weighted by Gasteiger charge is 2.28. The van der Waals surface area contributed by atoms with Crippen LogP contribution in [0.15, 0.2) is 42.5 Å². The number of carbonyl (C=O) groups is 3. The zero-order valence-electron chi connectivity index (χ0n) is 15.3. The van der Waals surface area contributed by atoms with Crippen LogP contribution in [0.25, 0.3) is 10.8 Å². The Morgan fingerprint density at radius 3 is 2.33 bits per heavy atom. The van der Waals surface area contributed by atoms with Crippen LogP contribution in [0.4, 0.5) is 0 Å². The number of fused-ring (bicyclic) bond motifs is 1. The first kappa shape index (κ1) is 18.9. The number of nitrogens with one attached hydrogen (secondary N) is 2. The van der Waals surface area contributed by atoms with E-state index < -0.39 is 24.0 Å². The van der Waals surface area contributed by atoms with E-state index in [1.807, 2.05) is 30.3 Å². The average molecular weight is 368 g/mol. The molecule has 3 rings (SSSR count). The van der Waals surface area contributed by atoms with Gasteiger partial charge in [0.15, 0.2) is 6.04 Å². The Kier molecular flexibility index (Phi) is 5.74. The van der Waals surface area contributed by atoms with E-state index in [9.17, 15) is 19.5 Å². The third kappa shape index (κ3) is 4.45. The van der Waals surface area contributed by atoms with Crippen LogP contribution in [-0.2, 0) is 14.4 Å². The molecule has 0 spiro atoms. The second kappa shape index (κ2) is 8.20. The summed E-state index contributed by atoms with van der Waals surface area (Å²) in [5.74, 6) is -1.83. The molecule has 2 atom stereocenters. The second-order valence-corrected chi connectivity index (χ2v) is 7.10. The molecule has 6 nitrogen and oxygen atoms in total. The van der Waals surface area contributed by atoms with E-state index in [2.05, 4.69) is 10.6 Å². The van der Waals surface area contributed by atoms with Crippen LogP contribution in [0.3, 0.4) is 0 Å². The predicted molar refractivity (Wildman–Crippen MR) is 102 cm³/mol. The number of rotatable bonds is 6. The van der Waals surface area contributed by atoms with Gasteiger partial charge in [-0.25, -0.2) is 4.79 Å². The third-order valence-corrected chi connectivity index (χ3v) is 5.12. The number of carbonyl (C=O) groups excluding carboxylic acids is 2. The fraction of sp³-hybridized carbons (Fsp3) is 0.381. The summed E-state index contributed by atoms with van der Waals surface area (Å²) in [5.41, 5.74) is 0.490.